The summed E-state index contributed by atoms with van der Waals surface area (Å²) < 4.78 is 35.6. The van der Waals surface area contributed by atoms with Crippen LogP contribution in [0.25, 0.3) is 0 Å². The summed E-state index contributed by atoms with van der Waals surface area (Å²) in [5.74, 6) is -4.86. The third-order valence-corrected chi connectivity index (χ3v) is 4.54. The quantitative estimate of drug-likeness (QED) is 0.552. The second-order valence-corrected chi connectivity index (χ2v) is 6.94. The molecule has 2 N–H and O–H groups in total. The predicted octanol–water partition coefficient (Wildman–Crippen LogP) is 5.54. The molecular weight excluding hydrogens is 404 g/mol. The third kappa shape index (κ3) is 6.15. The number of hydrogen-bond donors (Lipinski definition) is 2. The first-order valence-electron chi connectivity index (χ1n) is 9.14. The van der Waals surface area contributed by atoms with Crippen molar-refractivity contribution in [1.82, 2.24) is 5.32 Å². The Bertz CT molecular complexity index is 832. The second kappa shape index (κ2) is 10.2. The molecule has 0 fully saturated rings. The van der Waals surface area contributed by atoms with Crippen LogP contribution in [-0.2, 0) is 15.5 Å². The van der Waals surface area contributed by atoms with Crippen LogP contribution in [0.1, 0.15) is 43.4 Å². The van der Waals surface area contributed by atoms with Crippen LogP contribution in [0.5, 0.6) is 0 Å². The summed E-state index contributed by atoms with van der Waals surface area (Å²) in [4.78, 5) is 23.6. The normalized spacial score (nSPS) is 13.4. The Labute approximate surface area is 172 Å². The Morgan fingerprint density at radius 2 is 1.86 bits per heavy atom. The number of halogens is 3. The molecule has 2 rings (SSSR count). The molecule has 5 nitrogen and oxygen atoms in total. The number of alkyl carbamates (subject to hydrolysis) is 1. The lowest BCUT2D eigenvalue weighted by Gasteiger charge is -2.28. The van der Waals surface area contributed by atoms with E-state index in [1.54, 1.807) is 18.2 Å². The number of ether oxygens (including phenoxy) is 1. The van der Waals surface area contributed by atoms with E-state index in [2.05, 4.69) is 5.32 Å². The molecule has 0 aliphatic rings. The summed E-state index contributed by atoms with van der Waals surface area (Å²) in [6, 6.07) is 11.4. The van der Waals surface area contributed by atoms with Crippen LogP contribution in [0.2, 0.25) is 5.02 Å². The molecule has 0 saturated carbocycles. The van der Waals surface area contributed by atoms with E-state index in [0.29, 0.717) is 6.42 Å². The number of nitrogens with one attached hydrogen (secondary N) is 1. The van der Waals surface area contributed by atoms with E-state index in [-0.39, 0.29) is 17.0 Å². The Morgan fingerprint density at radius 3 is 2.45 bits per heavy atom. The maximum atomic E-state index is 15.3. The zero-order valence-electron chi connectivity index (χ0n) is 15.8. The van der Waals surface area contributed by atoms with Crippen LogP contribution < -0.4 is 5.32 Å². The van der Waals surface area contributed by atoms with Crippen molar-refractivity contribution in [3.8, 4) is 0 Å². The van der Waals surface area contributed by atoms with Crippen molar-refractivity contribution in [2.24, 2.45) is 0 Å². The molecular formula is C21H22ClF2NO4. The summed E-state index contributed by atoms with van der Waals surface area (Å²) in [6.07, 6.45) is -1.76. The number of hydrogen-bond acceptors (Lipinski definition) is 3. The monoisotopic (exact) mass is 425 g/mol. The molecule has 0 radical (unpaired) electrons. The molecule has 0 saturated heterocycles. The third-order valence-electron chi connectivity index (χ3n) is 4.30. The zero-order valence-corrected chi connectivity index (χ0v) is 16.5. The number of amides is 1. The summed E-state index contributed by atoms with van der Waals surface area (Å²) >= 11 is 5.84. The van der Waals surface area contributed by atoms with Crippen molar-refractivity contribution >= 4 is 23.7 Å². The van der Waals surface area contributed by atoms with Gasteiger partial charge in [-0.2, -0.15) is 8.78 Å². The summed E-state index contributed by atoms with van der Waals surface area (Å²) in [6.45, 7) is 1.87. The van der Waals surface area contributed by atoms with E-state index >= 15 is 8.78 Å². The van der Waals surface area contributed by atoms with E-state index in [1.807, 2.05) is 6.92 Å². The van der Waals surface area contributed by atoms with E-state index < -0.39 is 35.7 Å². The van der Waals surface area contributed by atoms with Crippen LogP contribution >= 0.6 is 11.6 Å². The van der Waals surface area contributed by atoms with Gasteiger partial charge in [-0.1, -0.05) is 73.8 Å². The van der Waals surface area contributed by atoms with Crippen LogP contribution in [0.15, 0.2) is 54.6 Å². The highest BCUT2D eigenvalue weighted by Gasteiger charge is 2.45. The van der Waals surface area contributed by atoms with Gasteiger partial charge in [-0.15, -0.1) is 0 Å². The largest absolute Gasteiger partial charge is 0.480 e. The first-order chi connectivity index (χ1) is 13.8. The molecule has 0 aliphatic heterocycles. The molecule has 2 aromatic rings. The van der Waals surface area contributed by atoms with Gasteiger partial charge in [0.1, 0.15) is 6.04 Å². The van der Waals surface area contributed by atoms with Gasteiger partial charge in [-0.25, -0.2) is 9.59 Å². The average Bonchev–Trinajstić information content (AvgIpc) is 2.69. The van der Waals surface area contributed by atoms with E-state index in [4.69, 9.17) is 16.3 Å². The van der Waals surface area contributed by atoms with Gasteiger partial charge in [0.2, 0.25) is 0 Å². The predicted molar refractivity (Wildman–Crippen MR) is 105 cm³/mol. The SMILES string of the molecule is CCCC[C@H](NC(=O)OC(c1ccccc1)C(F)(F)c1cccc(Cl)c1)C(=O)O. The number of carboxylic acids is 1. The van der Waals surface area contributed by atoms with Gasteiger partial charge >= 0.3 is 18.0 Å². The highest BCUT2D eigenvalue weighted by molar-refractivity contribution is 6.30. The highest BCUT2D eigenvalue weighted by atomic mass is 35.5. The number of aliphatic carboxylic acids is 1. The van der Waals surface area contributed by atoms with Crippen molar-refractivity contribution in [3.63, 3.8) is 0 Å². The molecule has 0 aromatic heterocycles. The van der Waals surface area contributed by atoms with Crippen LogP contribution in [-0.4, -0.2) is 23.2 Å². The average molecular weight is 426 g/mol. The topological polar surface area (TPSA) is 75.6 Å². The smallest absolute Gasteiger partial charge is 0.408 e. The Morgan fingerprint density at radius 1 is 1.17 bits per heavy atom. The minimum atomic E-state index is -3.61. The second-order valence-electron chi connectivity index (χ2n) is 6.51. The number of rotatable bonds is 9. The lowest BCUT2D eigenvalue weighted by atomic mass is 9.97. The molecule has 0 heterocycles. The maximum Gasteiger partial charge on any atom is 0.408 e. The Hall–Kier alpha value is -2.67. The molecule has 2 atom stereocenters. The fraction of sp³-hybridized carbons (Fsp3) is 0.333. The number of carbonyl (C=O) groups excluding carboxylic acids is 1. The van der Waals surface area contributed by atoms with Crippen molar-refractivity contribution in [1.29, 1.82) is 0 Å². The maximum absolute atomic E-state index is 15.3. The van der Waals surface area contributed by atoms with Crippen molar-refractivity contribution in [2.45, 2.75) is 44.3 Å². The van der Waals surface area contributed by atoms with E-state index in [9.17, 15) is 14.7 Å². The van der Waals surface area contributed by atoms with Gasteiger partial charge in [-0.05, 0) is 24.1 Å². The number of carboxylic acid groups (broad SMARTS) is 1. The van der Waals surface area contributed by atoms with Gasteiger partial charge in [0.15, 0.2) is 6.10 Å². The van der Waals surface area contributed by atoms with Crippen LogP contribution in [0.4, 0.5) is 13.6 Å². The fourth-order valence-corrected chi connectivity index (χ4v) is 2.97. The summed E-state index contributed by atoms with van der Waals surface area (Å²) in [7, 11) is 0. The van der Waals surface area contributed by atoms with Crippen molar-refractivity contribution in [3.05, 3.63) is 70.7 Å². The fourth-order valence-electron chi connectivity index (χ4n) is 2.78. The molecule has 0 aliphatic carbocycles. The molecule has 29 heavy (non-hydrogen) atoms. The van der Waals surface area contributed by atoms with E-state index in [0.717, 1.165) is 12.5 Å². The first-order valence-corrected chi connectivity index (χ1v) is 9.52. The minimum Gasteiger partial charge on any atom is -0.480 e. The summed E-state index contributed by atoms with van der Waals surface area (Å²) in [5, 5.41) is 11.5. The number of alkyl halides is 2. The molecule has 8 heteroatoms. The lowest BCUT2D eigenvalue weighted by molar-refractivity contribution is -0.140. The molecule has 1 unspecified atom stereocenters. The standard InChI is InChI=1S/C21H22ClF2NO4/c1-2-3-12-17(19(26)27)25-20(28)29-18(14-8-5-4-6-9-14)21(23,24)15-10-7-11-16(22)13-15/h4-11,13,17-18H,2-3,12H2,1H3,(H,25,28)(H,26,27)/t17-,18?/m0/s1. The van der Waals surface area contributed by atoms with Gasteiger partial charge in [-0.3, -0.25) is 0 Å². The van der Waals surface area contributed by atoms with Crippen LogP contribution in [0, 0.1) is 0 Å². The Kier molecular flexibility index (Phi) is 7.96. The number of unbranched alkanes of at least 4 members (excludes halogenated alkanes) is 1. The van der Waals surface area contributed by atoms with Gasteiger partial charge in [0.25, 0.3) is 0 Å². The highest BCUT2D eigenvalue weighted by Crippen LogP contribution is 2.43. The van der Waals surface area contributed by atoms with Gasteiger partial charge in [0, 0.05) is 10.6 Å². The first kappa shape index (κ1) is 22.6. The van der Waals surface area contributed by atoms with E-state index in [1.165, 1.54) is 30.3 Å². The Balaban J connectivity index is 2.29. The summed E-state index contributed by atoms with van der Waals surface area (Å²) in [5.41, 5.74) is -0.361. The number of carbonyl (C=O) groups is 2. The molecule has 156 valence electrons. The zero-order chi connectivity index (χ0) is 21.4. The van der Waals surface area contributed by atoms with Crippen LogP contribution in [0.3, 0.4) is 0 Å². The van der Waals surface area contributed by atoms with Gasteiger partial charge in [0.05, 0.1) is 0 Å². The van der Waals surface area contributed by atoms with Crippen molar-refractivity contribution < 1.29 is 28.2 Å². The molecule has 1 amide bonds. The van der Waals surface area contributed by atoms with Crippen molar-refractivity contribution in [2.75, 3.05) is 0 Å². The minimum absolute atomic E-state index is 0.0630. The molecule has 0 spiro atoms. The van der Waals surface area contributed by atoms with Gasteiger partial charge < -0.3 is 15.2 Å². The molecule has 2 aromatic carbocycles. The lowest BCUT2D eigenvalue weighted by Crippen LogP contribution is -2.42. The molecule has 0 bridgehead atoms. The number of benzene rings is 2.